The van der Waals surface area contributed by atoms with Gasteiger partial charge in [0.2, 0.25) is 0 Å². The summed E-state index contributed by atoms with van der Waals surface area (Å²) < 4.78 is 1.74. The second-order valence-electron chi connectivity index (χ2n) is 2.81. The number of imidazole rings is 1. The minimum Gasteiger partial charge on any atom is -0.304 e. The summed E-state index contributed by atoms with van der Waals surface area (Å²) in [6, 6.07) is 1.65. The first-order valence-electron chi connectivity index (χ1n) is 3.80. The number of pyridine rings is 1. The number of hydrogen-bond donors (Lipinski definition) is 0. The smallest absolute Gasteiger partial charge is 0.162 e. The minimum atomic E-state index is -0.00648. The van der Waals surface area contributed by atoms with E-state index in [0.717, 1.165) is 5.52 Å². The predicted octanol–water partition coefficient (Wildman–Crippen LogP) is 2.19. The maximum atomic E-state index is 11.2. The van der Waals surface area contributed by atoms with E-state index in [-0.39, 0.29) is 5.78 Å². The standard InChI is InChI=1S/C9H7ClN2O/c1-6(13)8-2-7(10)4-12-5-11-3-9(8)12/h2-5H,1H3. The molecule has 2 aromatic heterocycles. The molecule has 2 aromatic rings. The van der Waals surface area contributed by atoms with E-state index in [1.165, 1.54) is 6.92 Å². The van der Waals surface area contributed by atoms with E-state index in [9.17, 15) is 4.79 Å². The lowest BCUT2D eigenvalue weighted by Crippen LogP contribution is -1.96. The molecule has 4 heteroatoms. The van der Waals surface area contributed by atoms with Gasteiger partial charge in [0.1, 0.15) is 0 Å². The van der Waals surface area contributed by atoms with Gasteiger partial charge in [0.15, 0.2) is 5.78 Å². The van der Waals surface area contributed by atoms with Gasteiger partial charge in [-0.05, 0) is 13.0 Å². The lowest BCUT2D eigenvalue weighted by Gasteiger charge is -2.00. The Kier molecular flexibility index (Phi) is 1.81. The average molecular weight is 195 g/mol. The van der Waals surface area contributed by atoms with Gasteiger partial charge in [0.25, 0.3) is 0 Å². The summed E-state index contributed by atoms with van der Waals surface area (Å²) in [6.07, 6.45) is 4.98. The van der Waals surface area contributed by atoms with Crippen LogP contribution in [0.5, 0.6) is 0 Å². The van der Waals surface area contributed by atoms with Crippen LogP contribution in [0.1, 0.15) is 17.3 Å². The van der Waals surface area contributed by atoms with Gasteiger partial charge in [-0.25, -0.2) is 4.98 Å². The Balaban J connectivity index is 2.84. The molecule has 13 heavy (non-hydrogen) atoms. The van der Waals surface area contributed by atoms with E-state index in [1.807, 2.05) is 0 Å². The number of Topliss-reactive ketones (excluding diaryl/α,β-unsaturated/α-hetero) is 1. The van der Waals surface area contributed by atoms with Gasteiger partial charge >= 0.3 is 0 Å². The molecule has 2 rings (SSSR count). The Bertz CT molecular complexity index is 475. The molecule has 0 bridgehead atoms. The maximum Gasteiger partial charge on any atom is 0.162 e. The van der Waals surface area contributed by atoms with Crippen molar-refractivity contribution < 1.29 is 4.79 Å². The molecule has 0 aliphatic heterocycles. The molecule has 0 aliphatic rings. The highest BCUT2D eigenvalue weighted by atomic mass is 35.5. The van der Waals surface area contributed by atoms with E-state index in [4.69, 9.17) is 11.6 Å². The van der Waals surface area contributed by atoms with E-state index in [0.29, 0.717) is 10.6 Å². The quantitative estimate of drug-likeness (QED) is 0.653. The molecule has 0 spiro atoms. The van der Waals surface area contributed by atoms with Crippen LogP contribution in [0.2, 0.25) is 5.02 Å². The highest BCUT2D eigenvalue weighted by Gasteiger charge is 2.07. The van der Waals surface area contributed by atoms with Gasteiger partial charge in [0.05, 0.1) is 23.1 Å². The van der Waals surface area contributed by atoms with E-state index in [1.54, 1.807) is 29.2 Å². The third-order valence-corrected chi connectivity index (χ3v) is 2.07. The molecule has 66 valence electrons. The third-order valence-electron chi connectivity index (χ3n) is 1.87. The Labute approximate surface area is 80.0 Å². The minimum absolute atomic E-state index is 0.00648. The number of carbonyl (C=O) groups excluding carboxylic acids is 1. The van der Waals surface area contributed by atoms with Crippen LogP contribution in [0.3, 0.4) is 0 Å². The first-order valence-corrected chi connectivity index (χ1v) is 4.18. The van der Waals surface area contributed by atoms with Crippen molar-refractivity contribution in [3.8, 4) is 0 Å². The van der Waals surface area contributed by atoms with Crippen molar-refractivity contribution in [1.82, 2.24) is 9.38 Å². The zero-order valence-electron chi connectivity index (χ0n) is 6.99. The SMILES string of the molecule is CC(=O)c1cc(Cl)cn2cncc12. The van der Waals surface area contributed by atoms with E-state index < -0.39 is 0 Å². The fourth-order valence-corrected chi connectivity index (χ4v) is 1.49. The molecule has 0 atom stereocenters. The lowest BCUT2D eigenvalue weighted by atomic mass is 10.2. The van der Waals surface area contributed by atoms with Crippen LogP contribution in [0.15, 0.2) is 24.8 Å². The first kappa shape index (κ1) is 8.26. The fourth-order valence-electron chi connectivity index (χ4n) is 1.28. The highest BCUT2D eigenvalue weighted by Crippen LogP contribution is 2.17. The summed E-state index contributed by atoms with van der Waals surface area (Å²) in [5.74, 6) is -0.00648. The molecule has 0 saturated carbocycles. The normalized spacial score (nSPS) is 10.6. The largest absolute Gasteiger partial charge is 0.304 e. The van der Waals surface area contributed by atoms with Crippen LogP contribution in [0, 0.1) is 0 Å². The number of rotatable bonds is 1. The van der Waals surface area contributed by atoms with Crippen LogP contribution in [0.4, 0.5) is 0 Å². The molecule has 0 N–H and O–H groups in total. The number of carbonyl (C=O) groups is 1. The number of ketones is 1. The Morgan fingerprint density at radius 3 is 3.08 bits per heavy atom. The van der Waals surface area contributed by atoms with Crippen molar-refractivity contribution in [1.29, 1.82) is 0 Å². The predicted molar refractivity (Wildman–Crippen MR) is 50.2 cm³/mol. The van der Waals surface area contributed by atoms with Crippen molar-refractivity contribution in [2.75, 3.05) is 0 Å². The summed E-state index contributed by atoms with van der Waals surface area (Å²) in [6.45, 7) is 1.51. The van der Waals surface area contributed by atoms with Crippen LogP contribution >= 0.6 is 11.6 Å². The second kappa shape index (κ2) is 2.85. The summed E-state index contributed by atoms with van der Waals surface area (Å²) in [5.41, 5.74) is 1.39. The van der Waals surface area contributed by atoms with Gasteiger partial charge < -0.3 is 4.40 Å². The van der Waals surface area contributed by atoms with Crippen molar-refractivity contribution in [2.24, 2.45) is 0 Å². The van der Waals surface area contributed by atoms with E-state index in [2.05, 4.69) is 4.98 Å². The molecule has 2 heterocycles. The summed E-state index contributed by atoms with van der Waals surface area (Å²) in [7, 11) is 0. The zero-order valence-corrected chi connectivity index (χ0v) is 7.75. The topological polar surface area (TPSA) is 34.4 Å². The Morgan fingerprint density at radius 1 is 1.62 bits per heavy atom. The Hall–Kier alpha value is -1.35. The van der Waals surface area contributed by atoms with Crippen LogP contribution < -0.4 is 0 Å². The van der Waals surface area contributed by atoms with Gasteiger partial charge in [-0.15, -0.1) is 0 Å². The Morgan fingerprint density at radius 2 is 2.38 bits per heavy atom. The zero-order chi connectivity index (χ0) is 9.42. The van der Waals surface area contributed by atoms with Crippen LogP contribution in [0.25, 0.3) is 5.52 Å². The molecule has 0 radical (unpaired) electrons. The maximum absolute atomic E-state index is 11.2. The first-order chi connectivity index (χ1) is 6.18. The molecule has 0 unspecified atom stereocenters. The molecule has 0 amide bonds. The molecule has 0 fully saturated rings. The van der Waals surface area contributed by atoms with Gasteiger partial charge in [-0.2, -0.15) is 0 Å². The van der Waals surface area contributed by atoms with Crippen molar-refractivity contribution in [3.63, 3.8) is 0 Å². The summed E-state index contributed by atoms with van der Waals surface area (Å²) >= 11 is 5.82. The summed E-state index contributed by atoms with van der Waals surface area (Å²) in [5, 5.41) is 0.538. The average Bonchev–Trinajstić information content (AvgIpc) is 2.49. The molecular weight excluding hydrogens is 188 g/mol. The number of hydrogen-bond acceptors (Lipinski definition) is 2. The highest BCUT2D eigenvalue weighted by molar-refractivity contribution is 6.31. The van der Waals surface area contributed by atoms with E-state index >= 15 is 0 Å². The van der Waals surface area contributed by atoms with Crippen molar-refractivity contribution >= 4 is 22.9 Å². The van der Waals surface area contributed by atoms with Gasteiger partial charge in [0, 0.05) is 11.8 Å². The number of halogens is 1. The third kappa shape index (κ3) is 1.31. The van der Waals surface area contributed by atoms with Gasteiger partial charge in [-0.1, -0.05) is 11.6 Å². The van der Waals surface area contributed by atoms with Crippen LogP contribution in [-0.4, -0.2) is 15.2 Å². The molecule has 0 aromatic carbocycles. The fraction of sp³-hybridized carbons (Fsp3) is 0.111. The lowest BCUT2D eigenvalue weighted by molar-refractivity contribution is 0.101. The molecular formula is C9H7ClN2O. The number of fused-ring (bicyclic) bond motifs is 1. The van der Waals surface area contributed by atoms with Crippen molar-refractivity contribution in [2.45, 2.75) is 6.92 Å². The summed E-state index contributed by atoms with van der Waals surface area (Å²) in [4.78, 5) is 15.1. The van der Waals surface area contributed by atoms with Gasteiger partial charge in [-0.3, -0.25) is 4.79 Å². The van der Waals surface area contributed by atoms with Crippen LogP contribution in [-0.2, 0) is 0 Å². The molecule has 0 saturated heterocycles. The molecule has 3 nitrogen and oxygen atoms in total. The van der Waals surface area contributed by atoms with Crippen molar-refractivity contribution in [3.05, 3.63) is 35.4 Å². The second-order valence-corrected chi connectivity index (χ2v) is 3.25. The number of aromatic nitrogens is 2. The molecule has 0 aliphatic carbocycles. The monoisotopic (exact) mass is 194 g/mol. The number of nitrogens with zero attached hydrogens (tertiary/aromatic N) is 2.